The first-order chi connectivity index (χ1) is 17.5. The van der Waals surface area contributed by atoms with Crippen LogP contribution in [0, 0.1) is 22.7 Å². The summed E-state index contributed by atoms with van der Waals surface area (Å²) in [6.45, 7) is 0.350. The predicted molar refractivity (Wildman–Crippen MR) is 142 cm³/mol. The molecule has 1 aromatic heterocycles. The van der Waals surface area contributed by atoms with Crippen LogP contribution in [0.4, 0.5) is 5.82 Å². The second kappa shape index (κ2) is 11.4. The van der Waals surface area contributed by atoms with E-state index in [1.165, 1.54) is 0 Å². The molecule has 1 unspecified atom stereocenters. The van der Waals surface area contributed by atoms with Gasteiger partial charge in [0.25, 0.3) is 0 Å². The van der Waals surface area contributed by atoms with Gasteiger partial charge in [0.1, 0.15) is 33.8 Å². The first-order valence-electron chi connectivity index (χ1n) is 10.9. The molecule has 0 saturated carbocycles. The van der Waals surface area contributed by atoms with Gasteiger partial charge in [-0.3, -0.25) is 4.79 Å². The van der Waals surface area contributed by atoms with Gasteiger partial charge in [0.15, 0.2) is 0 Å². The number of carbonyl (C=O) groups excluding carboxylic acids is 1. The number of rotatable bonds is 7. The Morgan fingerprint density at radius 3 is 2.19 bits per heavy atom. The van der Waals surface area contributed by atoms with Gasteiger partial charge in [-0.15, -0.1) is 0 Å². The fourth-order valence-electron chi connectivity index (χ4n) is 3.71. The molecule has 0 saturated heterocycles. The number of hydrogen-bond donors (Lipinski definition) is 2. The first kappa shape index (κ1) is 24.8. The third-order valence-electron chi connectivity index (χ3n) is 5.44. The van der Waals surface area contributed by atoms with Crippen LogP contribution in [-0.2, 0) is 11.3 Å². The maximum Gasteiger partial charge on any atom is 0.238 e. The van der Waals surface area contributed by atoms with E-state index >= 15 is 0 Å². The molecule has 1 atom stereocenters. The van der Waals surface area contributed by atoms with Crippen molar-refractivity contribution in [1.29, 1.82) is 10.5 Å². The van der Waals surface area contributed by atoms with Crippen LogP contribution >= 0.6 is 23.4 Å². The summed E-state index contributed by atoms with van der Waals surface area (Å²) in [6.07, 6.45) is 0. The minimum Gasteiger partial charge on any atom is -0.383 e. The van der Waals surface area contributed by atoms with E-state index < -0.39 is 5.25 Å². The first-order valence-corrected chi connectivity index (χ1v) is 12.2. The minimum atomic E-state index is -0.721. The number of halogens is 1. The molecular weight excluding hydrogens is 490 g/mol. The predicted octanol–water partition coefficient (Wildman–Crippen LogP) is 5.88. The average molecular weight is 510 g/mol. The van der Waals surface area contributed by atoms with Crippen molar-refractivity contribution >= 4 is 35.1 Å². The third-order valence-corrected chi connectivity index (χ3v) is 7.01. The molecule has 3 N–H and O–H groups in total. The van der Waals surface area contributed by atoms with E-state index in [-0.39, 0.29) is 27.9 Å². The standard InChI is InChI=1S/C28H20ClN5OS/c29-23-14-8-7-13-20(23)24-21(15-30)26(32)34-28(22(24)16-31)36-25(19-11-5-2-6-12-19)27(35)33-17-18-9-3-1-4-10-18/h1-14,25H,17H2,(H2,32,34)(H,33,35). The zero-order chi connectivity index (χ0) is 25.5. The number of nitrogens with two attached hydrogens (primary N) is 1. The lowest BCUT2D eigenvalue weighted by Gasteiger charge is -2.19. The summed E-state index contributed by atoms with van der Waals surface area (Å²) in [5.41, 5.74) is 8.86. The van der Waals surface area contributed by atoms with Crippen molar-refractivity contribution in [3.8, 4) is 23.3 Å². The van der Waals surface area contributed by atoms with Crippen LogP contribution in [0.2, 0.25) is 5.02 Å². The van der Waals surface area contributed by atoms with Crippen molar-refractivity contribution in [2.75, 3.05) is 5.73 Å². The summed E-state index contributed by atoms with van der Waals surface area (Å²) >= 11 is 7.53. The lowest BCUT2D eigenvalue weighted by Crippen LogP contribution is -2.27. The SMILES string of the molecule is N#Cc1c(N)nc(SC(C(=O)NCc2ccccc2)c2ccccc2)c(C#N)c1-c1ccccc1Cl. The van der Waals surface area contributed by atoms with Gasteiger partial charge in [-0.25, -0.2) is 4.98 Å². The number of nitrogens with one attached hydrogen (secondary N) is 1. The zero-order valence-corrected chi connectivity index (χ0v) is 20.6. The summed E-state index contributed by atoms with van der Waals surface area (Å²) in [6, 6.07) is 29.9. The van der Waals surface area contributed by atoms with E-state index in [0.717, 1.165) is 22.9 Å². The number of thioether (sulfide) groups is 1. The number of nitriles is 2. The fourth-order valence-corrected chi connectivity index (χ4v) is 5.06. The number of benzene rings is 3. The Bertz CT molecular complexity index is 1480. The summed E-state index contributed by atoms with van der Waals surface area (Å²) in [5.74, 6) is -0.284. The molecule has 8 heteroatoms. The van der Waals surface area contributed by atoms with Gasteiger partial charge in [0.05, 0.1) is 5.56 Å². The van der Waals surface area contributed by atoms with Crippen LogP contribution in [0.25, 0.3) is 11.1 Å². The Morgan fingerprint density at radius 1 is 0.944 bits per heavy atom. The van der Waals surface area contributed by atoms with Crippen molar-refractivity contribution in [3.05, 3.63) is 112 Å². The van der Waals surface area contributed by atoms with Crippen LogP contribution in [0.5, 0.6) is 0 Å². The van der Waals surface area contributed by atoms with Crippen molar-refractivity contribution in [2.45, 2.75) is 16.8 Å². The van der Waals surface area contributed by atoms with Gasteiger partial charge < -0.3 is 11.1 Å². The molecule has 36 heavy (non-hydrogen) atoms. The molecule has 3 aromatic carbocycles. The molecule has 6 nitrogen and oxygen atoms in total. The van der Waals surface area contributed by atoms with Gasteiger partial charge >= 0.3 is 0 Å². The van der Waals surface area contributed by atoms with Crippen LogP contribution in [-0.4, -0.2) is 10.9 Å². The number of anilines is 1. The van der Waals surface area contributed by atoms with Crippen molar-refractivity contribution < 1.29 is 4.79 Å². The zero-order valence-electron chi connectivity index (χ0n) is 19.0. The molecule has 1 amide bonds. The molecule has 0 fully saturated rings. The van der Waals surface area contributed by atoms with Gasteiger partial charge in [-0.2, -0.15) is 10.5 Å². The quantitative estimate of drug-likeness (QED) is 0.301. The molecule has 0 spiro atoms. The number of amides is 1. The highest BCUT2D eigenvalue weighted by Crippen LogP contribution is 2.42. The number of carbonyl (C=O) groups is 1. The Kier molecular flexibility index (Phi) is 7.87. The fraction of sp³-hybridized carbons (Fsp3) is 0.0714. The smallest absolute Gasteiger partial charge is 0.238 e. The van der Waals surface area contributed by atoms with E-state index in [0.29, 0.717) is 22.7 Å². The van der Waals surface area contributed by atoms with Gasteiger partial charge in [0.2, 0.25) is 5.91 Å². The van der Waals surface area contributed by atoms with E-state index in [2.05, 4.69) is 22.4 Å². The van der Waals surface area contributed by atoms with Gasteiger partial charge in [-0.1, -0.05) is 102 Å². The molecule has 0 radical (unpaired) electrons. The molecule has 0 aliphatic rings. The second-order valence-corrected chi connectivity index (χ2v) is 9.24. The van der Waals surface area contributed by atoms with Crippen LogP contribution in [0.3, 0.4) is 0 Å². The van der Waals surface area contributed by atoms with E-state index in [1.54, 1.807) is 24.3 Å². The maximum absolute atomic E-state index is 13.4. The Hall–Kier alpha value is -4.30. The summed E-state index contributed by atoms with van der Waals surface area (Å²) in [4.78, 5) is 17.8. The number of aromatic nitrogens is 1. The summed E-state index contributed by atoms with van der Waals surface area (Å²) in [7, 11) is 0. The second-order valence-electron chi connectivity index (χ2n) is 7.74. The Labute approximate surface area is 218 Å². The number of pyridine rings is 1. The molecule has 4 rings (SSSR count). The molecule has 4 aromatic rings. The lowest BCUT2D eigenvalue weighted by atomic mass is 9.97. The molecule has 0 bridgehead atoms. The monoisotopic (exact) mass is 509 g/mol. The van der Waals surface area contributed by atoms with Crippen molar-refractivity contribution in [3.63, 3.8) is 0 Å². The highest BCUT2D eigenvalue weighted by molar-refractivity contribution is 8.00. The molecule has 0 aliphatic carbocycles. The molecule has 0 aliphatic heterocycles. The number of hydrogen-bond acceptors (Lipinski definition) is 6. The van der Waals surface area contributed by atoms with Crippen molar-refractivity contribution in [2.24, 2.45) is 0 Å². The van der Waals surface area contributed by atoms with Gasteiger partial charge in [0, 0.05) is 22.7 Å². The normalized spacial score (nSPS) is 11.2. The van der Waals surface area contributed by atoms with Crippen LogP contribution in [0.15, 0.2) is 90.0 Å². The minimum absolute atomic E-state index is 0.0366. The average Bonchev–Trinajstić information content (AvgIpc) is 2.91. The van der Waals surface area contributed by atoms with E-state index in [4.69, 9.17) is 17.3 Å². The van der Waals surface area contributed by atoms with Gasteiger partial charge in [-0.05, 0) is 17.2 Å². The van der Waals surface area contributed by atoms with E-state index in [9.17, 15) is 15.3 Å². The van der Waals surface area contributed by atoms with Crippen LogP contribution in [0.1, 0.15) is 27.5 Å². The largest absolute Gasteiger partial charge is 0.383 e. The topological polar surface area (TPSA) is 116 Å². The number of nitrogens with zero attached hydrogens (tertiary/aromatic N) is 3. The highest BCUT2D eigenvalue weighted by atomic mass is 35.5. The summed E-state index contributed by atoms with van der Waals surface area (Å²) in [5, 5.41) is 22.8. The maximum atomic E-state index is 13.4. The molecule has 1 heterocycles. The van der Waals surface area contributed by atoms with E-state index in [1.807, 2.05) is 60.7 Å². The Balaban J connectivity index is 1.78. The van der Waals surface area contributed by atoms with Crippen LogP contribution < -0.4 is 11.1 Å². The lowest BCUT2D eigenvalue weighted by molar-refractivity contribution is -0.120. The summed E-state index contributed by atoms with van der Waals surface area (Å²) < 4.78 is 0. The number of nitrogen functional groups attached to an aromatic ring is 1. The highest BCUT2D eigenvalue weighted by Gasteiger charge is 2.28. The molecular formula is C28H20ClN5OS. The van der Waals surface area contributed by atoms with Crippen molar-refractivity contribution in [1.82, 2.24) is 10.3 Å². The third kappa shape index (κ3) is 5.34. The Morgan fingerprint density at radius 2 is 1.56 bits per heavy atom. The molecule has 176 valence electrons.